The molecular formula is C21H25N3O5S. The number of primary sulfonamides is 1. The highest BCUT2D eigenvalue weighted by molar-refractivity contribution is 7.89. The van der Waals surface area contributed by atoms with Crippen molar-refractivity contribution in [1.82, 2.24) is 10.2 Å². The third kappa shape index (κ3) is 5.17. The number of amides is 2. The van der Waals surface area contributed by atoms with E-state index >= 15 is 0 Å². The number of likely N-dealkylation sites (tertiary alicyclic amines) is 1. The first-order chi connectivity index (χ1) is 14.3. The fraction of sp³-hybridized carbons (Fsp3) is 0.333. The summed E-state index contributed by atoms with van der Waals surface area (Å²) in [5.41, 5.74) is 1.30. The Bertz CT molecular complexity index is 1010. The summed E-state index contributed by atoms with van der Waals surface area (Å²) in [4.78, 5) is 26.8. The van der Waals surface area contributed by atoms with Gasteiger partial charge < -0.3 is 15.0 Å². The maximum atomic E-state index is 12.6. The lowest BCUT2D eigenvalue weighted by molar-refractivity contribution is -0.126. The van der Waals surface area contributed by atoms with Gasteiger partial charge in [0.2, 0.25) is 15.9 Å². The van der Waals surface area contributed by atoms with Crippen molar-refractivity contribution in [3.63, 3.8) is 0 Å². The second-order valence-electron chi connectivity index (χ2n) is 7.17. The number of hydrogen-bond acceptors (Lipinski definition) is 5. The number of nitrogens with zero attached hydrogens (tertiary/aromatic N) is 1. The summed E-state index contributed by atoms with van der Waals surface area (Å²) in [7, 11) is -2.20. The van der Waals surface area contributed by atoms with Gasteiger partial charge in [-0.1, -0.05) is 18.2 Å². The zero-order valence-corrected chi connectivity index (χ0v) is 17.5. The number of nitrogens with two attached hydrogens (primary N) is 1. The molecule has 2 amide bonds. The third-order valence-electron chi connectivity index (χ3n) is 5.23. The maximum Gasteiger partial charge on any atom is 0.253 e. The van der Waals surface area contributed by atoms with Gasteiger partial charge in [0.15, 0.2) is 0 Å². The molecule has 0 saturated carbocycles. The first kappa shape index (κ1) is 21.8. The van der Waals surface area contributed by atoms with E-state index in [-0.39, 0.29) is 22.6 Å². The topological polar surface area (TPSA) is 119 Å². The van der Waals surface area contributed by atoms with Gasteiger partial charge in [0.1, 0.15) is 5.75 Å². The molecule has 1 heterocycles. The largest absolute Gasteiger partial charge is 0.496 e. The fourth-order valence-electron chi connectivity index (χ4n) is 3.49. The number of benzene rings is 2. The second-order valence-corrected chi connectivity index (χ2v) is 8.73. The van der Waals surface area contributed by atoms with Crippen LogP contribution < -0.4 is 15.2 Å². The van der Waals surface area contributed by atoms with Crippen molar-refractivity contribution in [2.24, 2.45) is 11.1 Å². The van der Waals surface area contributed by atoms with Crippen LogP contribution in [0.15, 0.2) is 53.4 Å². The monoisotopic (exact) mass is 431 g/mol. The van der Waals surface area contributed by atoms with Gasteiger partial charge >= 0.3 is 0 Å². The number of rotatable bonds is 6. The Labute approximate surface area is 176 Å². The molecule has 1 fully saturated rings. The summed E-state index contributed by atoms with van der Waals surface area (Å²) >= 11 is 0. The van der Waals surface area contributed by atoms with E-state index < -0.39 is 10.0 Å². The summed E-state index contributed by atoms with van der Waals surface area (Å²) in [5, 5.41) is 8.03. The van der Waals surface area contributed by atoms with Gasteiger partial charge in [-0.15, -0.1) is 0 Å². The standard InChI is InChI=1S/C21H25N3O5S/c1-29-19-5-3-2-4-17(19)14-23-20(25)15-10-12-24(13-11-15)21(26)16-6-8-18(9-7-16)30(22,27)28/h2-9,15H,10-14H2,1H3,(H,23,25)(H2,22,27,28). The lowest BCUT2D eigenvalue weighted by atomic mass is 9.95. The van der Waals surface area contributed by atoms with Crippen molar-refractivity contribution >= 4 is 21.8 Å². The molecule has 0 radical (unpaired) electrons. The first-order valence-corrected chi connectivity index (χ1v) is 11.2. The molecule has 0 atom stereocenters. The average Bonchev–Trinajstić information content (AvgIpc) is 2.76. The van der Waals surface area contributed by atoms with Crippen molar-refractivity contribution in [2.75, 3.05) is 20.2 Å². The van der Waals surface area contributed by atoms with Crippen molar-refractivity contribution in [1.29, 1.82) is 0 Å². The molecule has 2 aromatic carbocycles. The molecule has 3 N–H and O–H groups in total. The molecule has 0 bridgehead atoms. The molecule has 9 heteroatoms. The van der Waals surface area contributed by atoms with Crippen LogP contribution in [-0.4, -0.2) is 45.3 Å². The molecule has 30 heavy (non-hydrogen) atoms. The highest BCUT2D eigenvalue weighted by atomic mass is 32.2. The van der Waals surface area contributed by atoms with Gasteiger partial charge in [0.25, 0.3) is 5.91 Å². The number of hydrogen-bond donors (Lipinski definition) is 2. The van der Waals surface area contributed by atoms with Crippen LogP contribution in [0.2, 0.25) is 0 Å². The molecule has 160 valence electrons. The number of carbonyl (C=O) groups is 2. The van der Waals surface area contributed by atoms with E-state index in [2.05, 4.69) is 5.32 Å². The Kier molecular flexibility index (Phi) is 6.73. The van der Waals surface area contributed by atoms with Gasteiger partial charge in [-0.05, 0) is 43.2 Å². The number of carbonyl (C=O) groups excluding carboxylic acids is 2. The predicted molar refractivity (Wildman–Crippen MR) is 111 cm³/mol. The van der Waals surface area contributed by atoms with Gasteiger partial charge in [-0.3, -0.25) is 9.59 Å². The van der Waals surface area contributed by atoms with Crippen LogP contribution in [0.5, 0.6) is 5.75 Å². The lowest BCUT2D eigenvalue weighted by Crippen LogP contribution is -2.43. The number of piperidine rings is 1. The Morgan fingerprint density at radius 3 is 2.33 bits per heavy atom. The van der Waals surface area contributed by atoms with Gasteiger partial charge in [0, 0.05) is 36.7 Å². The van der Waals surface area contributed by atoms with Gasteiger partial charge in [-0.25, -0.2) is 13.6 Å². The van der Waals surface area contributed by atoms with Crippen LogP contribution in [0, 0.1) is 5.92 Å². The smallest absolute Gasteiger partial charge is 0.253 e. The van der Waals surface area contributed by atoms with E-state index in [0.717, 1.165) is 11.3 Å². The molecule has 0 aliphatic carbocycles. The predicted octanol–water partition coefficient (Wildman–Crippen LogP) is 1.51. The maximum absolute atomic E-state index is 12.6. The van der Waals surface area contributed by atoms with E-state index in [1.54, 1.807) is 12.0 Å². The van der Waals surface area contributed by atoms with E-state index in [1.807, 2.05) is 24.3 Å². The summed E-state index contributed by atoms with van der Waals surface area (Å²) < 4.78 is 28.0. The van der Waals surface area contributed by atoms with Crippen molar-refractivity contribution < 1.29 is 22.7 Å². The Balaban J connectivity index is 1.52. The molecule has 0 unspecified atom stereocenters. The molecule has 1 saturated heterocycles. The molecule has 3 rings (SSSR count). The minimum absolute atomic E-state index is 0.0366. The number of sulfonamides is 1. The van der Waals surface area contributed by atoms with Crippen molar-refractivity contribution in [2.45, 2.75) is 24.3 Å². The molecule has 2 aromatic rings. The lowest BCUT2D eigenvalue weighted by Gasteiger charge is -2.31. The van der Waals surface area contributed by atoms with Gasteiger partial charge in [0.05, 0.1) is 12.0 Å². The number of para-hydroxylation sites is 1. The SMILES string of the molecule is COc1ccccc1CNC(=O)C1CCN(C(=O)c2ccc(S(N)(=O)=O)cc2)CC1. The van der Waals surface area contributed by atoms with E-state index in [1.165, 1.54) is 24.3 Å². The van der Waals surface area contributed by atoms with Crippen LogP contribution in [0.4, 0.5) is 0 Å². The molecular weight excluding hydrogens is 406 g/mol. The highest BCUT2D eigenvalue weighted by Gasteiger charge is 2.28. The Hall–Kier alpha value is -2.91. The molecule has 0 aromatic heterocycles. The number of methoxy groups -OCH3 is 1. The number of ether oxygens (including phenoxy) is 1. The zero-order chi connectivity index (χ0) is 21.7. The summed E-state index contributed by atoms with van der Waals surface area (Å²) in [6.45, 7) is 1.31. The minimum atomic E-state index is -3.79. The van der Waals surface area contributed by atoms with Crippen LogP contribution in [0.25, 0.3) is 0 Å². The van der Waals surface area contributed by atoms with Gasteiger partial charge in [-0.2, -0.15) is 0 Å². The summed E-state index contributed by atoms with van der Waals surface area (Å²) in [6.07, 6.45) is 1.14. The van der Waals surface area contributed by atoms with Crippen LogP contribution in [0.3, 0.4) is 0 Å². The van der Waals surface area contributed by atoms with Crippen LogP contribution in [0.1, 0.15) is 28.8 Å². The van der Waals surface area contributed by atoms with E-state index in [4.69, 9.17) is 9.88 Å². The molecule has 1 aliphatic rings. The first-order valence-electron chi connectivity index (χ1n) is 9.61. The van der Waals surface area contributed by atoms with Crippen LogP contribution in [-0.2, 0) is 21.4 Å². The van der Waals surface area contributed by atoms with E-state index in [0.29, 0.717) is 38.0 Å². The van der Waals surface area contributed by atoms with Crippen LogP contribution >= 0.6 is 0 Å². The molecule has 1 aliphatic heterocycles. The normalized spacial score (nSPS) is 14.9. The second kappa shape index (κ2) is 9.27. The summed E-state index contributed by atoms with van der Waals surface area (Å²) in [5.74, 6) is 0.342. The quantitative estimate of drug-likeness (QED) is 0.719. The average molecular weight is 432 g/mol. The minimum Gasteiger partial charge on any atom is -0.496 e. The summed E-state index contributed by atoms with van der Waals surface area (Å²) in [6, 6.07) is 13.1. The van der Waals surface area contributed by atoms with Crippen molar-refractivity contribution in [3.8, 4) is 5.75 Å². The third-order valence-corrected chi connectivity index (χ3v) is 6.16. The van der Waals surface area contributed by atoms with E-state index in [9.17, 15) is 18.0 Å². The highest BCUT2D eigenvalue weighted by Crippen LogP contribution is 2.21. The number of nitrogens with one attached hydrogen (secondary N) is 1. The Morgan fingerprint density at radius 1 is 1.10 bits per heavy atom. The fourth-order valence-corrected chi connectivity index (χ4v) is 4.01. The Morgan fingerprint density at radius 2 is 1.73 bits per heavy atom. The molecule has 0 spiro atoms. The zero-order valence-electron chi connectivity index (χ0n) is 16.7. The molecule has 8 nitrogen and oxygen atoms in total. The van der Waals surface area contributed by atoms with Crippen molar-refractivity contribution in [3.05, 3.63) is 59.7 Å².